The molecule has 0 spiro atoms. The summed E-state index contributed by atoms with van der Waals surface area (Å²) < 4.78 is 0. The quantitative estimate of drug-likeness (QED) is 0.644. The summed E-state index contributed by atoms with van der Waals surface area (Å²) in [6, 6.07) is 5.78. The van der Waals surface area contributed by atoms with E-state index in [1.807, 2.05) is 6.92 Å². The van der Waals surface area contributed by atoms with Crippen LogP contribution in [0, 0.1) is 16.0 Å². The number of nitro benzene ring substituents is 1. The molecule has 0 bridgehead atoms. The lowest BCUT2D eigenvalue weighted by atomic mass is 10.1. The van der Waals surface area contributed by atoms with E-state index in [0.717, 1.165) is 12.8 Å². The minimum Gasteiger partial charge on any atom is -0.342 e. The fourth-order valence-corrected chi connectivity index (χ4v) is 2.45. The second kappa shape index (κ2) is 7.02. The first-order chi connectivity index (χ1) is 10.5. The van der Waals surface area contributed by atoms with Gasteiger partial charge in [0.1, 0.15) is 0 Å². The highest BCUT2D eigenvalue weighted by Gasteiger charge is 2.33. The van der Waals surface area contributed by atoms with E-state index in [0.29, 0.717) is 18.8 Å². The molecule has 1 saturated heterocycles. The number of rotatable bonds is 6. The number of carbonyl (C=O) groups excluding carboxylic acids is 2. The molecule has 22 heavy (non-hydrogen) atoms. The topological polar surface area (TPSA) is 92.6 Å². The highest BCUT2D eigenvalue weighted by Crippen LogP contribution is 2.22. The number of likely N-dealkylation sites (tertiary alicyclic amines) is 1. The number of hydrogen-bond donors (Lipinski definition) is 1. The fourth-order valence-electron chi connectivity index (χ4n) is 2.45. The van der Waals surface area contributed by atoms with Crippen LogP contribution in [-0.4, -0.2) is 34.7 Å². The summed E-state index contributed by atoms with van der Waals surface area (Å²) >= 11 is 0. The van der Waals surface area contributed by atoms with Crippen molar-refractivity contribution in [2.75, 3.05) is 18.4 Å². The van der Waals surface area contributed by atoms with E-state index in [1.54, 1.807) is 11.0 Å². The maximum Gasteiger partial charge on any atom is 0.271 e. The van der Waals surface area contributed by atoms with Gasteiger partial charge >= 0.3 is 0 Å². The third kappa shape index (κ3) is 3.81. The Labute approximate surface area is 128 Å². The smallest absolute Gasteiger partial charge is 0.271 e. The lowest BCUT2D eigenvalue weighted by Gasteiger charge is -2.15. The highest BCUT2D eigenvalue weighted by molar-refractivity contribution is 5.97. The van der Waals surface area contributed by atoms with E-state index in [9.17, 15) is 19.7 Å². The van der Waals surface area contributed by atoms with Crippen LogP contribution in [0.15, 0.2) is 24.3 Å². The number of non-ortho nitro benzene ring substituents is 1. The molecule has 2 rings (SSSR count). The number of nitrogens with zero attached hydrogens (tertiary/aromatic N) is 2. The van der Waals surface area contributed by atoms with Crippen LogP contribution in [0.3, 0.4) is 0 Å². The molecule has 1 atom stereocenters. The lowest BCUT2D eigenvalue weighted by molar-refractivity contribution is -0.384. The van der Waals surface area contributed by atoms with E-state index >= 15 is 0 Å². The number of unbranched alkanes of at least 4 members (excludes halogenated alkanes) is 1. The Bertz CT molecular complexity index is 588. The van der Waals surface area contributed by atoms with Gasteiger partial charge < -0.3 is 10.2 Å². The van der Waals surface area contributed by atoms with Crippen molar-refractivity contribution in [2.45, 2.75) is 26.2 Å². The average Bonchev–Trinajstić information content (AvgIpc) is 2.86. The molecule has 118 valence electrons. The van der Waals surface area contributed by atoms with Gasteiger partial charge in [-0.15, -0.1) is 0 Å². The second-order valence-corrected chi connectivity index (χ2v) is 5.39. The summed E-state index contributed by atoms with van der Waals surface area (Å²) in [6.45, 7) is 3.14. The summed E-state index contributed by atoms with van der Waals surface area (Å²) in [5.41, 5.74) is 0.295. The van der Waals surface area contributed by atoms with Crippen molar-refractivity contribution >= 4 is 23.2 Å². The van der Waals surface area contributed by atoms with Gasteiger partial charge in [-0.2, -0.15) is 0 Å². The Morgan fingerprint density at radius 3 is 2.95 bits per heavy atom. The molecule has 0 saturated carbocycles. The third-order valence-electron chi connectivity index (χ3n) is 3.69. The predicted octanol–water partition coefficient (Wildman–Crippen LogP) is 2.18. The van der Waals surface area contributed by atoms with Crippen molar-refractivity contribution in [2.24, 2.45) is 5.92 Å². The first kappa shape index (κ1) is 15.9. The van der Waals surface area contributed by atoms with Crippen LogP contribution >= 0.6 is 0 Å². The van der Waals surface area contributed by atoms with Gasteiger partial charge in [-0.1, -0.05) is 19.4 Å². The zero-order chi connectivity index (χ0) is 16.1. The minimum atomic E-state index is -0.513. The van der Waals surface area contributed by atoms with Gasteiger partial charge in [-0.25, -0.2) is 0 Å². The number of anilines is 1. The van der Waals surface area contributed by atoms with Crippen molar-refractivity contribution in [3.8, 4) is 0 Å². The molecule has 1 N–H and O–H groups in total. The van der Waals surface area contributed by atoms with Gasteiger partial charge in [-0.05, 0) is 12.5 Å². The van der Waals surface area contributed by atoms with Gasteiger partial charge in [0.05, 0.1) is 10.8 Å². The van der Waals surface area contributed by atoms with Crippen LogP contribution < -0.4 is 5.32 Å². The van der Waals surface area contributed by atoms with Crippen molar-refractivity contribution in [1.29, 1.82) is 0 Å². The molecule has 1 fully saturated rings. The summed E-state index contributed by atoms with van der Waals surface area (Å²) in [5, 5.41) is 13.4. The number of hydrogen-bond acceptors (Lipinski definition) is 4. The molecular weight excluding hydrogens is 286 g/mol. The van der Waals surface area contributed by atoms with Crippen LogP contribution in [-0.2, 0) is 9.59 Å². The fraction of sp³-hybridized carbons (Fsp3) is 0.467. The molecule has 1 aliphatic heterocycles. The molecule has 2 amide bonds. The molecule has 7 heteroatoms. The second-order valence-electron chi connectivity index (χ2n) is 5.39. The summed E-state index contributed by atoms with van der Waals surface area (Å²) in [5.74, 6) is -0.677. The van der Waals surface area contributed by atoms with Gasteiger partial charge in [0.2, 0.25) is 11.8 Å². The molecule has 0 aliphatic carbocycles. The zero-order valence-electron chi connectivity index (χ0n) is 12.4. The van der Waals surface area contributed by atoms with Crippen molar-refractivity contribution < 1.29 is 14.5 Å². The van der Waals surface area contributed by atoms with Crippen LogP contribution in [0.2, 0.25) is 0 Å². The SMILES string of the molecule is CCCCN1CC(C(=O)Nc2cccc([N+](=O)[O-])c2)CC1=O. The molecule has 1 unspecified atom stereocenters. The molecule has 7 nitrogen and oxygen atoms in total. The lowest BCUT2D eigenvalue weighted by Crippen LogP contribution is -2.29. The molecule has 1 aliphatic rings. The molecule has 0 radical (unpaired) electrons. The van der Waals surface area contributed by atoms with Crippen molar-refractivity contribution in [3.05, 3.63) is 34.4 Å². The Morgan fingerprint density at radius 2 is 2.27 bits per heavy atom. The number of carbonyl (C=O) groups is 2. The van der Waals surface area contributed by atoms with Gasteiger partial charge in [0.25, 0.3) is 5.69 Å². The zero-order valence-corrected chi connectivity index (χ0v) is 12.4. The molecular formula is C15H19N3O4. The Hall–Kier alpha value is -2.44. The third-order valence-corrected chi connectivity index (χ3v) is 3.69. The van der Waals surface area contributed by atoms with Crippen LogP contribution in [0.5, 0.6) is 0 Å². The molecule has 1 aromatic carbocycles. The standard InChI is InChI=1S/C15H19N3O4/c1-2-3-7-17-10-11(8-14(17)19)15(20)16-12-5-4-6-13(9-12)18(21)22/h4-6,9,11H,2-3,7-8,10H2,1H3,(H,16,20). The molecule has 0 aromatic heterocycles. The van der Waals surface area contributed by atoms with E-state index in [2.05, 4.69) is 5.32 Å². The van der Waals surface area contributed by atoms with Crippen LogP contribution in [0.1, 0.15) is 26.2 Å². The molecule has 1 heterocycles. The van der Waals surface area contributed by atoms with Crippen molar-refractivity contribution in [3.63, 3.8) is 0 Å². The van der Waals surface area contributed by atoms with Gasteiger partial charge in [-0.3, -0.25) is 19.7 Å². The average molecular weight is 305 g/mol. The van der Waals surface area contributed by atoms with E-state index < -0.39 is 10.8 Å². The van der Waals surface area contributed by atoms with Gasteiger partial charge in [0.15, 0.2) is 0 Å². The normalized spacial score (nSPS) is 17.6. The Kier molecular flexibility index (Phi) is 5.08. The summed E-state index contributed by atoms with van der Waals surface area (Å²) in [4.78, 5) is 36.0. The first-order valence-electron chi connectivity index (χ1n) is 7.34. The number of nitrogens with one attached hydrogen (secondary N) is 1. The van der Waals surface area contributed by atoms with E-state index in [-0.39, 0.29) is 23.9 Å². The van der Waals surface area contributed by atoms with Gasteiger partial charge in [0, 0.05) is 37.3 Å². The number of nitro groups is 1. The van der Waals surface area contributed by atoms with E-state index in [1.165, 1.54) is 18.2 Å². The van der Waals surface area contributed by atoms with Crippen molar-refractivity contribution in [1.82, 2.24) is 4.90 Å². The largest absolute Gasteiger partial charge is 0.342 e. The van der Waals surface area contributed by atoms with E-state index in [4.69, 9.17) is 0 Å². The summed E-state index contributed by atoms with van der Waals surface area (Å²) in [6.07, 6.45) is 2.11. The predicted molar refractivity (Wildman–Crippen MR) is 81.3 cm³/mol. The number of benzene rings is 1. The molecule has 1 aromatic rings. The van der Waals surface area contributed by atoms with Crippen LogP contribution in [0.25, 0.3) is 0 Å². The minimum absolute atomic E-state index is 0.00681. The van der Waals surface area contributed by atoms with Crippen LogP contribution in [0.4, 0.5) is 11.4 Å². The summed E-state index contributed by atoms with van der Waals surface area (Å²) in [7, 11) is 0. The maximum absolute atomic E-state index is 12.2. The monoisotopic (exact) mass is 305 g/mol. The Morgan fingerprint density at radius 1 is 1.50 bits per heavy atom. The Balaban J connectivity index is 1.97. The number of amides is 2. The first-order valence-corrected chi connectivity index (χ1v) is 7.34. The maximum atomic E-state index is 12.2. The highest BCUT2D eigenvalue weighted by atomic mass is 16.6.